The van der Waals surface area contributed by atoms with Gasteiger partial charge in [0.05, 0.1) is 17.2 Å². The zero-order valence-corrected chi connectivity index (χ0v) is 14.9. The van der Waals surface area contributed by atoms with Crippen molar-refractivity contribution in [3.05, 3.63) is 59.4 Å². The number of aromatic carboxylic acids is 1. The van der Waals surface area contributed by atoms with Gasteiger partial charge in [-0.2, -0.15) is 0 Å². The number of carboxylic acid groups (broad SMARTS) is 1. The van der Waals surface area contributed by atoms with E-state index in [-0.39, 0.29) is 33.4 Å². The molecule has 0 radical (unpaired) electrons. The highest BCUT2D eigenvalue weighted by Crippen LogP contribution is 2.55. The lowest BCUT2D eigenvalue weighted by Crippen LogP contribution is -2.19. The highest BCUT2D eigenvalue weighted by atomic mass is 32.2. The molecule has 2 unspecified atom stereocenters. The van der Waals surface area contributed by atoms with Crippen LogP contribution in [0.15, 0.2) is 41.8 Å². The van der Waals surface area contributed by atoms with Gasteiger partial charge in [0, 0.05) is 5.92 Å². The molecule has 27 heavy (non-hydrogen) atoms. The summed E-state index contributed by atoms with van der Waals surface area (Å²) in [6.45, 7) is 3.92. The van der Waals surface area contributed by atoms with E-state index in [0.717, 1.165) is 30.2 Å². The first-order valence-electron chi connectivity index (χ1n) is 8.29. The van der Waals surface area contributed by atoms with Crippen LogP contribution in [0.4, 0.5) is 10.1 Å². The zero-order valence-electron chi connectivity index (χ0n) is 14.1. The molecule has 8 heteroatoms. The summed E-state index contributed by atoms with van der Waals surface area (Å²) in [6, 6.07) is 6.30. The highest BCUT2D eigenvalue weighted by molar-refractivity contribution is 7.92. The maximum atomic E-state index is 13.4. The third-order valence-corrected chi connectivity index (χ3v) is 6.33. The van der Waals surface area contributed by atoms with Crippen LogP contribution in [-0.4, -0.2) is 26.1 Å². The smallest absolute Gasteiger partial charge is 0.341 e. The Morgan fingerprint density at radius 2 is 2.11 bits per heavy atom. The van der Waals surface area contributed by atoms with Gasteiger partial charge < -0.3 is 9.84 Å². The molecule has 2 aromatic rings. The summed E-state index contributed by atoms with van der Waals surface area (Å²) in [5.74, 6) is -1.01. The molecular formula is C19H16FNO5S. The van der Waals surface area contributed by atoms with Crippen molar-refractivity contribution >= 4 is 27.8 Å². The van der Waals surface area contributed by atoms with Crippen LogP contribution in [0.3, 0.4) is 0 Å². The number of sulfonamides is 1. The topological polar surface area (TPSA) is 92.7 Å². The molecule has 0 aromatic heterocycles. The number of anilines is 1. The summed E-state index contributed by atoms with van der Waals surface area (Å²) < 4.78 is 46.9. The Hall–Kier alpha value is -2.87. The van der Waals surface area contributed by atoms with Crippen molar-refractivity contribution in [1.29, 1.82) is 0 Å². The number of carbonyl (C=O) groups is 1. The van der Waals surface area contributed by atoms with E-state index in [1.807, 2.05) is 0 Å². The first kappa shape index (κ1) is 17.5. The number of hydrogen-bond acceptors (Lipinski definition) is 4. The van der Waals surface area contributed by atoms with Gasteiger partial charge in [-0.15, -0.1) is 0 Å². The minimum absolute atomic E-state index is 0.0782. The predicted molar refractivity (Wildman–Crippen MR) is 97.0 cm³/mol. The average Bonchev–Trinajstić information content (AvgIpc) is 3.40. The normalized spacial score (nSPS) is 20.0. The number of fused-ring (bicyclic) bond motifs is 3. The quantitative estimate of drug-likeness (QED) is 0.817. The predicted octanol–water partition coefficient (Wildman–Crippen LogP) is 3.46. The van der Waals surface area contributed by atoms with E-state index in [2.05, 4.69) is 11.3 Å². The monoisotopic (exact) mass is 389 g/mol. The molecule has 1 fully saturated rings. The first-order valence-corrected chi connectivity index (χ1v) is 9.78. The number of rotatable bonds is 5. The number of benzene rings is 2. The lowest BCUT2D eigenvalue weighted by atomic mass is 10.0. The van der Waals surface area contributed by atoms with E-state index in [0.29, 0.717) is 12.5 Å². The van der Waals surface area contributed by atoms with Crippen LogP contribution in [0.5, 0.6) is 5.75 Å². The van der Waals surface area contributed by atoms with E-state index in [1.54, 1.807) is 6.07 Å². The fraction of sp³-hybridized carbons (Fsp3) is 0.211. The second kappa shape index (κ2) is 6.09. The van der Waals surface area contributed by atoms with E-state index >= 15 is 0 Å². The molecule has 4 rings (SSSR count). The number of ether oxygens (including phenoxy) is 1. The van der Waals surface area contributed by atoms with Crippen molar-refractivity contribution < 1.29 is 27.4 Å². The van der Waals surface area contributed by atoms with Crippen molar-refractivity contribution in [1.82, 2.24) is 0 Å². The Bertz CT molecular complexity index is 1080. The molecule has 1 aliphatic heterocycles. The molecule has 0 bridgehead atoms. The zero-order chi connectivity index (χ0) is 19.3. The van der Waals surface area contributed by atoms with Crippen LogP contribution in [0, 0.1) is 11.7 Å². The maximum Gasteiger partial charge on any atom is 0.341 e. The summed E-state index contributed by atoms with van der Waals surface area (Å²) >= 11 is 0. The molecule has 0 spiro atoms. The van der Waals surface area contributed by atoms with Gasteiger partial charge in [0.25, 0.3) is 10.0 Å². The van der Waals surface area contributed by atoms with E-state index in [9.17, 15) is 22.7 Å². The minimum Gasteiger partial charge on any atom is -0.492 e. The van der Waals surface area contributed by atoms with Gasteiger partial charge in [0.1, 0.15) is 17.1 Å². The van der Waals surface area contributed by atoms with E-state index < -0.39 is 21.8 Å². The lowest BCUT2D eigenvalue weighted by Gasteiger charge is -2.21. The molecule has 1 saturated carbocycles. The third kappa shape index (κ3) is 2.95. The summed E-state index contributed by atoms with van der Waals surface area (Å²) in [7, 11) is -4.17. The van der Waals surface area contributed by atoms with Crippen LogP contribution >= 0.6 is 0 Å². The average molecular weight is 389 g/mol. The number of hydrogen-bond donors (Lipinski definition) is 2. The number of carboxylic acids is 1. The Kier molecular flexibility index (Phi) is 3.96. The Morgan fingerprint density at radius 1 is 1.33 bits per heavy atom. The van der Waals surface area contributed by atoms with Crippen LogP contribution in [-0.2, 0) is 10.0 Å². The summed E-state index contributed by atoms with van der Waals surface area (Å²) in [5.41, 5.74) is 0.554. The van der Waals surface area contributed by atoms with Crippen molar-refractivity contribution in [3.8, 4) is 5.75 Å². The van der Waals surface area contributed by atoms with Crippen molar-refractivity contribution in [2.24, 2.45) is 5.92 Å². The molecule has 1 heterocycles. The fourth-order valence-electron chi connectivity index (χ4n) is 3.47. The van der Waals surface area contributed by atoms with Gasteiger partial charge in [0.15, 0.2) is 0 Å². The second-order valence-electron chi connectivity index (χ2n) is 6.62. The molecule has 6 nitrogen and oxygen atoms in total. The Morgan fingerprint density at radius 3 is 2.81 bits per heavy atom. The summed E-state index contributed by atoms with van der Waals surface area (Å²) in [4.78, 5) is 11.6. The van der Waals surface area contributed by atoms with Crippen molar-refractivity contribution in [2.75, 3.05) is 11.3 Å². The lowest BCUT2D eigenvalue weighted by molar-refractivity contribution is 0.0692. The van der Waals surface area contributed by atoms with Crippen LogP contribution in [0.1, 0.15) is 33.8 Å². The van der Waals surface area contributed by atoms with Crippen LogP contribution in [0.25, 0.3) is 6.08 Å². The number of halogens is 1. The highest BCUT2D eigenvalue weighted by Gasteiger charge is 2.45. The largest absolute Gasteiger partial charge is 0.492 e. The van der Waals surface area contributed by atoms with Gasteiger partial charge >= 0.3 is 5.97 Å². The van der Waals surface area contributed by atoms with Crippen LogP contribution in [0.2, 0.25) is 0 Å². The molecular weight excluding hydrogens is 373 g/mol. The summed E-state index contributed by atoms with van der Waals surface area (Å²) in [6.07, 6.45) is 2.16. The standard InChI is InChI=1S/C19H16FNO5S/c1-2-10-7-12(20)3-6-16(10)27(24,25)21-15-5-4-13-14-8-11(14)9-26-18(13)17(15)19(22)23/h2-7,11,14,21H,1,8-9H2,(H,22,23). The molecule has 140 valence electrons. The molecule has 2 aliphatic rings. The summed E-state index contributed by atoms with van der Waals surface area (Å²) in [5, 5.41) is 9.65. The van der Waals surface area contributed by atoms with E-state index in [4.69, 9.17) is 4.74 Å². The van der Waals surface area contributed by atoms with Gasteiger partial charge in [0.2, 0.25) is 0 Å². The SMILES string of the molecule is C=Cc1cc(F)ccc1S(=O)(=O)Nc1ccc2c(c1C(=O)O)OCC1CC21. The minimum atomic E-state index is -4.17. The molecule has 2 atom stereocenters. The molecule has 2 aromatic carbocycles. The Labute approximate surface area is 155 Å². The molecule has 0 saturated heterocycles. The van der Waals surface area contributed by atoms with Gasteiger partial charge in [-0.05, 0) is 47.7 Å². The maximum absolute atomic E-state index is 13.4. The van der Waals surface area contributed by atoms with Crippen molar-refractivity contribution in [3.63, 3.8) is 0 Å². The van der Waals surface area contributed by atoms with Gasteiger partial charge in [-0.25, -0.2) is 17.6 Å². The molecule has 0 amide bonds. The molecule has 2 N–H and O–H groups in total. The number of nitrogens with one attached hydrogen (secondary N) is 1. The van der Waals surface area contributed by atoms with Crippen molar-refractivity contribution in [2.45, 2.75) is 17.2 Å². The molecule has 1 aliphatic carbocycles. The fourth-order valence-corrected chi connectivity index (χ4v) is 4.74. The van der Waals surface area contributed by atoms with Gasteiger partial charge in [-0.3, -0.25) is 4.72 Å². The third-order valence-electron chi connectivity index (χ3n) is 4.89. The Balaban J connectivity index is 1.78. The van der Waals surface area contributed by atoms with Crippen LogP contribution < -0.4 is 9.46 Å². The van der Waals surface area contributed by atoms with Gasteiger partial charge in [-0.1, -0.05) is 18.7 Å². The van der Waals surface area contributed by atoms with E-state index in [1.165, 1.54) is 12.1 Å². The first-order chi connectivity index (χ1) is 12.8. The second-order valence-corrected chi connectivity index (χ2v) is 8.27.